The zero-order valence-electron chi connectivity index (χ0n) is 19.6. The van der Waals surface area contributed by atoms with Crippen LogP contribution in [-0.2, 0) is 11.2 Å². The standard InChI is InChI=1S/C29H35N3O/c1-2-3-10-24-15-17-27(18-16-24)30-28(33)23-31-19-21-32(22-20-31)29(25-11-6-4-7-12-25)26-13-8-5-9-14-26/h4-9,11-18,29H,2-3,10,19-23H2,1H3,(H,30,33). The van der Waals surface area contributed by atoms with Gasteiger partial charge in [-0.3, -0.25) is 14.6 Å². The molecule has 0 radical (unpaired) electrons. The Morgan fingerprint density at radius 3 is 1.94 bits per heavy atom. The molecule has 1 aliphatic heterocycles. The third-order valence-electron chi connectivity index (χ3n) is 6.43. The van der Waals surface area contributed by atoms with Crippen molar-refractivity contribution in [1.29, 1.82) is 0 Å². The van der Waals surface area contributed by atoms with Crippen molar-refractivity contribution in [3.8, 4) is 0 Å². The van der Waals surface area contributed by atoms with Gasteiger partial charge in [-0.1, -0.05) is 86.1 Å². The fourth-order valence-electron chi connectivity index (χ4n) is 4.60. The Bertz CT molecular complexity index is 941. The van der Waals surface area contributed by atoms with Gasteiger partial charge in [0.15, 0.2) is 0 Å². The first-order valence-corrected chi connectivity index (χ1v) is 12.2. The second-order valence-corrected chi connectivity index (χ2v) is 8.88. The molecule has 1 aliphatic rings. The highest BCUT2D eigenvalue weighted by molar-refractivity contribution is 5.92. The summed E-state index contributed by atoms with van der Waals surface area (Å²) in [6, 6.07) is 30.0. The molecule has 4 nitrogen and oxygen atoms in total. The number of unbranched alkanes of at least 4 members (excludes halogenated alkanes) is 1. The van der Waals surface area contributed by atoms with E-state index < -0.39 is 0 Å². The van der Waals surface area contributed by atoms with Crippen LogP contribution in [0.4, 0.5) is 5.69 Å². The van der Waals surface area contributed by atoms with Gasteiger partial charge in [-0.15, -0.1) is 0 Å². The fourth-order valence-corrected chi connectivity index (χ4v) is 4.60. The minimum Gasteiger partial charge on any atom is -0.325 e. The normalized spacial score (nSPS) is 15.0. The maximum Gasteiger partial charge on any atom is 0.238 e. The molecule has 0 unspecified atom stereocenters. The zero-order chi connectivity index (χ0) is 22.9. The maximum absolute atomic E-state index is 12.6. The van der Waals surface area contributed by atoms with Gasteiger partial charge in [-0.2, -0.15) is 0 Å². The molecule has 172 valence electrons. The summed E-state index contributed by atoms with van der Waals surface area (Å²) in [5.41, 5.74) is 4.85. The lowest BCUT2D eigenvalue weighted by molar-refractivity contribution is -0.117. The molecule has 1 heterocycles. The SMILES string of the molecule is CCCCc1ccc(NC(=O)CN2CCN(C(c3ccccc3)c3ccccc3)CC2)cc1. The molecule has 1 fully saturated rings. The van der Waals surface area contributed by atoms with Crippen LogP contribution < -0.4 is 5.32 Å². The van der Waals surface area contributed by atoms with Crippen molar-refractivity contribution in [3.05, 3.63) is 102 Å². The molecule has 0 atom stereocenters. The van der Waals surface area contributed by atoms with Crippen LogP contribution in [0.5, 0.6) is 0 Å². The van der Waals surface area contributed by atoms with Crippen LogP contribution in [0.15, 0.2) is 84.9 Å². The molecular weight excluding hydrogens is 406 g/mol. The highest BCUT2D eigenvalue weighted by atomic mass is 16.2. The minimum atomic E-state index is 0.0624. The zero-order valence-corrected chi connectivity index (χ0v) is 19.6. The number of piperazine rings is 1. The highest BCUT2D eigenvalue weighted by Crippen LogP contribution is 2.29. The smallest absolute Gasteiger partial charge is 0.238 e. The van der Waals surface area contributed by atoms with Gasteiger partial charge < -0.3 is 5.32 Å². The third kappa shape index (κ3) is 6.53. The maximum atomic E-state index is 12.6. The van der Waals surface area contributed by atoms with Crippen molar-refractivity contribution >= 4 is 11.6 Å². The van der Waals surface area contributed by atoms with E-state index in [4.69, 9.17) is 0 Å². The van der Waals surface area contributed by atoms with Gasteiger partial charge >= 0.3 is 0 Å². The number of amides is 1. The summed E-state index contributed by atoms with van der Waals surface area (Å²) in [5, 5.41) is 3.06. The second-order valence-electron chi connectivity index (χ2n) is 8.88. The number of carbonyl (C=O) groups excluding carboxylic acids is 1. The van der Waals surface area contributed by atoms with E-state index in [2.05, 4.69) is 94.8 Å². The van der Waals surface area contributed by atoms with E-state index in [9.17, 15) is 4.79 Å². The van der Waals surface area contributed by atoms with Gasteiger partial charge in [-0.25, -0.2) is 0 Å². The molecule has 3 aromatic rings. The first-order valence-electron chi connectivity index (χ1n) is 12.2. The van der Waals surface area contributed by atoms with Crippen molar-refractivity contribution in [2.24, 2.45) is 0 Å². The lowest BCUT2D eigenvalue weighted by Crippen LogP contribution is -2.49. The predicted molar refractivity (Wildman–Crippen MR) is 136 cm³/mol. The first kappa shape index (κ1) is 23.2. The van der Waals surface area contributed by atoms with Gasteiger partial charge in [0.2, 0.25) is 5.91 Å². The van der Waals surface area contributed by atoms with Crippen LogP contribution in [0.25, 0.3) is 0 Å². The summed E-state index contributed by atoms with van der Waals surface area (Å²) >= 11 is 0. The Labute approximate surface area is 198 Å². The number of anilines is 1. The quantitative estimate of drug-likeness (QED) is 0.485. The molecule has 1 saturated heterocycles. The Balaban J connectivity index is 1.31. The average Bonchev–Trinajstić information content (AvgIpc) is 2.86. The average molecular weight is 442 g/mol. The Hall–Kier alpha value is -2.95. The second kappa shape index (κ2) is 11.8. The van der Waals surface area contributed by atoms with Gasteiger partial charge in [-0.05, 0) is 41.7 Å². The highest BCUT2D eigenvalue weighted by Gasteiger charge is 2.27. The summed E-state index contributed by atoms with van der Waals surface area (Å²) in [6.45, 7) is 6.30. The van der Waals surface area contributed by atoms with E-state index >= 15 is 0 Å². The number of carbonyl (C=O) groups is 1. The Morgan fingerprint density at radius 1 is 0.818 bits per heavy atom. The lowest BCUT2D eigenvalue weighted by atomic mass is 9.96. The van der Waals surface area contributed by atoms with Crippen LogP contribution in [0.2, 0.25) is 0 Å². The van der Waals surface area contributed by atoms with E-state index in [1.54, 1.807) is 0 Å². The van der Waals surface area contributed by atoms with Crippen LogP contribution in [0.1, 0.15) is 42.5 Å². The fraction of sp³-hybridized carbons (Fsp3) is 0.345. The van der Waals surface area contributed by atoms with Crippen LogP contribution in [0, 0.1) is 0 Å². The molecule has 0 aliphatic carbocycles. The predicted octanol–water partition coefficient (Wildman–Crippen LogP) is 5.37. The molecule has 4 heteroatoms. The summed E-state index contributed by atoms with van der Waals surface area (Å²) in [7, 11) is 0. The number of nitrogens with one attached hydrogen (secondary N) is 1. The van der Waals surface area contributed by atoms with Gasteiger partial charge in [0, 0.05) is 31.9 Å². The largest absolute Gasteiger partial charge is 0.325 e. The van der Waals surface area contributed by atoms with E-state index in [-0.39, 0.29) is 11.9 Å². The summed E-state index contributed by atoms with van der Waals surface area (Å²) < 4.78 is 0. The number of hydrogen-bond acceptors (Lipinski definition) is 3. The molecule has 3 aromatic carbocycles. The van der Waals surface area contributed by atoms with Crippen LogP contribution in [0.3, 0.4) is 0 Å². The van der Waals surface area contributed by atoms with Crippen molar-refractivity contribution in [3.63, 3.8) is 0 Å². The minimum absolute atomic E-state index is 0.0624. The molecule has 4 rings (SSSR count). The van der Waals surface area contributed by atoms with Crippen molar-refractivity contribution in [2.45, 2.75) is 32.2 Å². The molecule has 1 N–H and O–H groups in total. The number of benzene rings is 3. The topological polar surface area (TPSA) is 35.6 Å². The van der Waals surface area contributed by atoms with Crippen LogP contribution >= 0.6 is 0 Å². The molecule has 33 heavy (non-hydrogen) atoms. The number of hydrogen-bond donors (Lipinski definition) is 1. The molecule has 0 spiro atoms. The summed E-state index contributed by atoms with van der Waals surface area (Å²) in [4.78, 5) is 17.4. The van der Waals surface area contributed by atoms with E-state index in [1.807, 2.05) is 12.1 Å². The Kier molecular flexibility index (Phi) is 8.29. The molecule has 1 amide bonds. The molecular formula is C29H35N3O. The molecule has 0 aromatic heterocycles. The monoisotopic (exact) mass is 441 g/mol. The number of rotatable bonds is 9. The third-order valence-corrected chi connectivity index (χ3v) is 6.43. The first-order chi connectivity index (χ1) is 16.2. The number of nitrogens with zero attached hydrogens (tertiary/aromatic N) is 2. The van der Waals surface area contributed by atoms with Crippen molar-refractivity contribution in [2.75, 3.05) is 38.0 Å². The van der Waals surface area contributed by atoms with E-state index in [0.717, 1.165) is 38.3 Å². The lowest BCUT2D eigenvalue weighted by Gasteiger charge is -2.39. The summed E-state index contributed by atoms with van der Waals surface area (Å²) in [6.07, 6.45) is 3.50. The molecule has 0 bridgehead atoms. The van der Waals surface area contributed by atoms with Crippen LogP contribution in [-0.4, -0.2) is 48.4 Å². The van der Waals surface area contributed by atoms with Gasteiger partial charge in [0.1, 0.15) is 0 Å². The summed E-state index contributed by atoms with van der Waals surface area (Å²) in [5.74, 6) is 0.0624. The van der Waals surface area contributed by atoms with Crippen molar-refractivity contribution in [1.82, 2.24) is 9.80 Å². The van der Waals surface area contributed by atoms with E-state index in [0.29, 0.717) is 6.54 Å². The van der Waals surface area contributed by atoms with Gasteiger partial charge in [0.05, 0.1) is 12.6 Å². The van der Waals surface area contributed by atoms with E-state index in [1.165, 1.54) is 29.5 Å². The van der Waals surface area contributed by atoms with Gasteiger partial charge in [0.25, 0.3) is 0 Å². The Morgan fingerprint density at radius 2 is 1.39 bits per heavy atom. The number of aryl methyl sites for hydroxylation is 1. The molecule has 0 saturated carbocycles. The van der Waals surface area contributed by atoms with Crippen molar-refractivity contribution < 1.29 is 4.79 Å².